The monoisotopic (exact) mass is 413 g/mol. The van der Waals surface area contributed by atoms with Crippen LogP contribution in [0.2, 0.25) is 10.0 Å². The first kappa shape index (κ1) is 19.5. The maximum absolute atomic E-state index is 12.2. The van der Waals surface area contributed by atoms with Gasteiger partial charge in [-0.1, -0.05) is 60.3 Å². The van der Waals surface area contributed by atoms with E-state index in [1.807, 2.05) is 13.0 Å². The van der Waals surface area contributed by atoms with E-state index in [-0.39, 0.29) is 17.7 Å². The van der Waals surface area contributed by atoms with Crippen LogP contribution in [0.25, 0.3) is 0 Å². The lowest BCUT2D eigenvalue weighted by Crippen LogP contribution is -2.28. The third-order valence-corrected chi connectivity index (χ3v) is 5.89. The lowest BCUT2D eigenvalue weighted by atomic mass is 9.89. The lowest BCUT2D eigenvalue weighted by Gasteiger charge is -2.17. The molecule has 5 nitrogen and oxygen atoms in total. The summed E-state index contributed by atoms with van der Waals surface area (Å²) in [5.41, 5.74) is 0.826. The molecule has 0 radical (unpaired) electrons. The van der Waals surface area contributed by atoms with E-state index in [9.17, 15) is 4.79 Å². The number of hydrogen-bond acceptors (Lipinski definition) is 5. The highest BCUT2D eigenvalue weighted by atomic mass is 35.5. The molecular formula is C18H21Cl2N3O2S. The van der Waals surface area contributed by atoms with Crippen molar-refractivity contribution in [3.63, 3.8) is 0 Å². The van der Waals surface area contributed by atoms with E-state index in [1.54, 1.807) is 12.1 Å². The van der Waals surface area contributed by atoms with Crippen molar-refractivity contribution in [2.24, 2.45) is 0 Å². The topological polar surface area (TPSA) is 68.0 Å². The highest BCUT2D eigenvalue weighted by molar-refractivity contribution is 7.99. The van der Waals surface area contributed by atoms with Crippen molar-refractivity contribution in [3.8, 4) is 0 Å². The second-order valence-electron chi connectivity index (χ2n) is 6.48. The Balaban J connectivity index is 1.50. The number of rotatable bonds is 6. The molecule has 3 rings (SSSR count). The van der Waals surface area contributed by atoms with E-state index in [1.165, 1.54) is 31.0 Å². The minimum atomic E-state index is -0.214. The molecular weight excluding hydrogens is 393 g/mol. The summed E-state index contributed by atoms with van der Waals surface area (Å²) in [4.78, 5) is 12.2. The first-order valence-electron chi connectivity index (χ1n) is 8.73. The average Bonchev–Trinajstić information content (AvgIpc) is 3.09. The molecule has 26 heavy (non-hydrogen) atoms. The molecule has 1 heterocycles. The highest BCUT2D eigenvalue weighted by Gasteiger charge is 2.22. The molecule has 1 aromatic carbocycles. The van der Waals surface area contributed by atoms with Crippen molar-refractivity contribution in [1.29, 1.82) is 0 Å². The number of halogens is 2. The quantitative estimate of drug-likeness (QED) is 0.642. The van der Waals surface area contributed by atoms with Crippen LogP contribution in [0, 0.1) is 0 Å². The van der Waals surface area contributed by atoms with Crippen LogP contribution < -0.4 is 5.32 Å². The molecule has 2 aromatic rings. The summed E-state index contributed by atoms with van der Waals surface area (Å²) in [5, 5.41) is 12.7. The van der Waals surface area contributed by atoms with Gasteiger partial charge in [0.25, 0.3) is 5.22 Å². The molecule has 1 amide bonds. The highest BCUT2D eigenvalue weighted by Crippen LogP contribution is 2.33. The Hall–Kier alpha value is -1.24. The van der Waals surface area contributed by atoms with Crippen LogP contribution in [-0.4, -0.2) is 21.9 Å². The van der Waals surface area contributed by atoms with E-state index in [4.69, 9.17) is 27.6 Å². The van der Waals surface area contributed by atoms with E-state index in [2.05, 4.69) is 15.5 Å². The number of hydrogen-bond donors (Lipinski definition) is 1. The van der Waals surface area contributed by atoms with Gasteiger partial charge in [-0.15, -0.1) is 10.2 Å². The summed E-state index contributed by atoms with van der Waals surface area (Å²) in [6, 6.07) is 5.03. The Morgan fingerprint density at radius 3 is 2.81 bits per heavy atom. The van der Waals surface area contributed by atoms with Crippen molar-refractivity contribution in [1.82, 2.24) is 15.5 Å². The van der Waals surface area contributed by atoms with Crippen LogP contribution in [0.4, 0.5) is 0 Å². The summed E-state index contributed by atoms with van der Waals surface area (Å²) < 4.78 is 5.72. The Kier molecular flexibility index (Phi) is 6.84. The second-order valence-corrected chi connectivity index (χ2v) is 8.26. The number of nitrogens with zero attached hydrogens (tertiary/aromatic N) is 2. The fraction of sp³-hybridized carbons (Fsp3) is 0.500. The number of carbonyl (C=O) groups excluding carboxylic acids is 1. The number of carbonyl (C=O) groups is 1. The Labute approximate surface area is 167 Å². The van der Waals surface area contributed by atoms with Gasteiger partial charge < -0.3 is 9.73 Å². The minimum Gasteiger partial charge on any atom is -0.416 e. The van der Waals surface area contributed by atoms with Gasteiger partial charge >= 0.3 is 0 Å². The Bertz CT molecular complexity index is 763. The molecule has 1 fully saturated rings. The summed E-state index contributed by atoms with van der Waals surface area (Å²) in [7, 11) is 0. The molecule has 1 aromatic heterocycles. The van der Waals surface area contributed by atoms with Crippen molar-refractivity contribution in [2.45, 2.75) is 56.2 Å². The van der Waals surface area contributed by atoms with Crippen molar-refractivity contribution in [2.75, 3.05) is 5.75 Å². The second kappa shape index (κ2) is 9.11. The van der Waals surface area contributed by atoms with Gasteiger partial charge in [0.05, 0.1) is 11.8 Å². The normalized spacial score (nSPS) is 16.4. The third kappa shape index (κ3) is 5.15. The molecule has 0 spiro atoms. The van der Waals surface area contributed by atoms with Gasteiger partial charge in [0.2, 0.25) is 11.8 Å². The fourth-order valence-electron chi connectivity index (χ4n) is 3.13. The van der Waals surface area contributed by atoms with Crippen molar-refractivity contribution < 1.29 is 9.21 Å². The standard InChI is InChI=1S/C18H21Cl2N3O2S/c1-11(14-8-7-13(19)9-15(14)20)21-16(24)10-26-18-23-22-17(25-18)12-5-3-2-4-6-12/h7-9,11-12H,2-6,10H2,1H3,(H,21,24). The summed E-state index contributed by atoms with van der Waals surface area (Å²) >= 11 is 13.3. The maximum Gasteiger partial charge on any atom is 0.277 e. The first-order valence-corrected chi connectivity index (χ1v) is 10.5. The average molecular weight is 414 g/mol. The van der Waals surface area contributed by atoms with Crippen LogP contribution >= 0.6 is 35.0 Å². The van der Waals surface area contributed by atoms with Gasteiger partial charge in [0.1, 0.15) is 0 Å². The number of nitrogens with one attached hydrogen (secondary N) is 1. The first-order chi connectivity index (χ1) is 12.5. The predicted octanol–water partition coefficient (Wildman–Crippen LogP) is 5.39. The smallest absolute Gasteiger partial charge is 0.277 e. The van der Waals surface area contributed by atoms with Crippen LogP contribution in [0.15, 0.2) is 27.8 Å². The third-order valence-electron chi connectivity index (χ3n) is 4.51. The molecule has 1 unspecified atom stereocenters. The van der Waals surface area contributed by atoms with E-state index >= 15 is 0 Å². The Morgan fingerprint density at radius 2 is 2.08 bits per heavy atom. The molecule has 1 saturated carbocycles. The van der Waals surface area contributed by atoms with Gasteiger partial charge in [0.15, 0.2) is 0 Å². The summed E-state index contributed by atoms with van der Waals surface area (Å²) in [5.74, 6) is 1.16. The molecule has 0 saturated heterocycles. The van der Waals surface area contributed by atoms with Crippen molar-refractivity contribution in [3.05, 3.63) is 39.7 Å². The van der Waals surface area contributed by atoms with Gasteiger partial charge in [0, 0.05) is 16.0 Å². The SMILES string of the molecule is CC(NC(=O)CSc1nnc(C2CCCCC2)o1)c1ccc(Cl)cc1Cl. The molecule has 1 N–H and O–H groups in total. The zero-order valence-corrected chi connectivity index (χ0v) is 16.8. The van der Waals surface area contributed by atoms with Crippen LogP contribution in [0.1, 0.15) is 62.4 Å². The number of benzene rings is 1. The number of amides is 1. The van der Waals surface area contributed by atoms with E-state index in [0.29, 0.717) is 27.1 Å². The van der Waals surface area contributed by atoms with Crippen molar-refractivity contribution >= 4 is 40.9 Å². The van der Waals surface area contributed by atoms with Crippen LogP contribution in [-0.2, 0) is 4.79 Å². The van der Waals surface area contributed by atoms with Gasteiger partial charge in [-0.05, 0) is 37.5 Å². The largest absolute Gasteiger partial charge is 0.416 e. The maximum atomic E-state index is 12.2. The molecule has 8 heteroatoms. The summed E-state index contributed by atoms with van der Waals surface area (Å²) in [6.07, 6.45) is 5.91. The summed E-state index contributed by atoms with van der Waals surface area (Å²) in [6.45, 7) is 1.88. The lowest BCUT2D eigenvalue weighted by molar-refractivity contribution is -0.119. The van der Waals surface area contributed by atoms with Gasteiger partial charge in [-0.2, -0.15) is 0 Å². The molecule has 140 valence electrons. The van der Waals surface area contributed by atoms with Gasteiger partial charge in [-0.25, -0.2) is 0 Å². The zero-order chi connectivity index (χ0) is 18.5. The molecule has 1 atom stereocenters. The number of thioether (sulfide) groups is 1. The minimum absolute atomic E-state index is 0.120. The zero-order valence-electron chi connectivity index (χ0n) is 14.5. The molecule has 1 aliphatic carbocycles. The molecule has 0 aliphatic heterocycles. The van der Waals surface area contributed by atoms with Crippen LogP contribution in [0.5, 0.6) is 0 Å². The van der Waals surface area contributed by atoms with Gasteiger partial charge in [-0.3, -0.25) is 4.79 Å². The van der Waals surface area contributed by atoms with E-state index < -0.39 is 0 Å². The molecule has 1 aliphatic rings. The Morgan fingerprint density at radius 1 is 1.31 bits per heavy atom. The number of aromatic nitrogens is 2. The van der Waals surface area contributed by atoms with Crippen LogP contribution in [0.3, 0.4) is 0 Å². The fourth-order valence-corrected chi connectivity index (χ4v) is 4.29. The predicted molar refractivity (Wildman–Crippen MR) is 104 cm³/mol. The molecule has 0 bridgehead atoms. The van der Waals surface area contributed by atoms with E-state index in [0.717, 1.165) is 18.4 Å².